The molecule has 1 amide bonds. The molecule has 1 unspecified atom stereocenters. The van der Waals surface area contributed by atoms with Crippen LogP contribution in [0, 0.1) is 0 Å². The van der Waals surface area contributed by atoms with Gasteiger partial charge in [0.25, 0.3) is 0 Å². The molecule has 0 bridgehead atoms. The largest absolute Gasteiger partial charge is 0.467 e. The smallest absolute Gasteiger partial charge is 0.237 e. The van der Waals surface area contributed by atoms with Gasteiger partial charge in [0.2, 0.25) is 11.9 Å². The average Bonchev–Trinajstić information content (AvgIpc) is 3.50. The van der Waals surface area contributed by atoms with Crippen molar-refractivity contribution in [3.05, 3.63) is 66.6 Å². The molecule has 170 valence electrons. The average molecular weight is 462 g/mol. The van der Waals surface area contributed by atoms with Gasteiger partial charge in [-0.2, -0.15) is 0 Å². The van der Waals surface area contributed by atoms with Gasteiger partial charge in [0.05, 0.1) is 18.1 Å². The van der Waals surface area contributed by atoms with Crippen LogP contribution < -0.4 is 10.2 Å². The van der Waals surface area contributed by atoms with Crippen LogP contribution in [0.15, 0.2) is 70.4 Å². The number of nitrogens with one attached hydrogen (secondary N) is 1. The fourth-order valence-electron chi connectivity index (χ4n) is 4.12. The van der Waals surface area contributed by atoms with E-state index in [0.717, 1.165) is 54.1 Å². The second kappa shape index (κ2) is 9.70. The summed E-state index contributed by atoms with van der Waals surface area (Å²) in [6.45, 7) is 4.37. The molecule has 0 radical (unpaired) electrons. The van der Waals surface area contributed by atoms with Crippen molar-refractivity contribution < 1.29 is 9.21 Å². The minimum atomic E-state index is -0.342. The molecular formula is C25H27N5O2S. The third kappa shape index (κ3) is 4.90. The summed E-state index contributed by atoms with van der Waals surface area (Å²) in [4.78, 5) is 15.3. The van der Waals surface area contributed by atoms with Gasteiger partial charge < -0.3 is 14.6 Å². The lowest BCUT2D eigenvalue weighted by molar-refractivity contribution is -0.115. The summed E-state index contributed by atoms with van der Waals surface area (Å²) >= 11 is 1.42. The number of benzene rings is 2. The number of rotatable bonds is 7. The van der Waals surface area contributed by atoms with Crippen molar-refractivity contribution in [2.45, 2.75) is 43.1 Å². The van der Waals surface area contributed by atoms with Crippen LogP contribution in [0.1, 0.15) is 31.9 Å². The van der Waals surface area contributed by atoms with Crippen LogP contribution in [-0.4, -0.2) is 39.0 Å². The number of anilines is 2. The molecule has 1 saturated heterocycles. The Morgan fingerprint density at radius 3 is 2.67 bits per heavy atom. The highest BCUT2D eigenvalue weighted by Gasteiger charge is 2.24. The van der Waals surface area contributed by atoms with E-state index in [4.69, 9.17) is 4.42 Å². The first-order valence-electron chi connectivity index (χ1n) is 11.3. The molecule has 2 aromatic heterocycles. The molecule has 2 aromatic carbocycles. The van der Waals surface area contributed by atoms with Gasteiger partial charge in [0.1, 0.15) is 5.76 Å². The van der Waals surface area contributed by atoms with E-state index in [1.54, 1.807) is 6.26 Å². The van der Waals surface area contributed by atoms with E-state index in [-0.39, 0.29) is 11.2 Å². The van der Waals surface area contributed by atoms with E-state index in [2.05, 4.69) is 31.0 Å². The van der Waals surface area contributed by atoms with Crippen LogP contribution >= 0.6 is 11.8 Å². The van der Waals surface area contributed by atoms with Crippen molar-refractivity contribution in [3.8, 4) is 0 Å². The third-order valence-corrected chi connectivity index (χ3v) is 6.98. The second-order valence-corrected chi connectivity index (χ2v) is 9.62. The van der Waals surface area contributed by atoms with Crippen molar-refractivity contribution >= 4 is 40.1 Å². The second-order valence-electron chi connectivity index (χ2n) is 8.31. The van der Waals surface area contributed by atoms with Gasteiger partial charge in [-0.15, -0.1) is 10.2 Å². The Bertz CT molecular complexity index is 1230. The predicted molar refractivity (Wildman–Crippen MR) is 132 cm³/mol. The van der Waals surface area contributed by atoms with E-state index >= 15 is 0 Å². The molecule has 0 saturated carbocycles. The normalized spacial score (nSPS) is 15.0. The Hall–Kier alpha value is -3.26. The summed E-state index contributed by atoms with van der Waals surface area (Å²) in [6.07, 6.45) is 5.23. The number of carbonyl (C=O) groups excluding carboxylic acids is 1. The molecule has 3 heterocycles. The van der Waals surface area contributed by atoms with Crippen LogP contribution in [0.4, 0.5) is 11.6 Å². The van der Waals surface area contributed by atoms with Crippen LogP contribution in [0.2, 0.25) is 0 Å². The summed E-state index contributed by atoms with van der Waals surface area (Å²) in [6, 6.07) is 17.9. The topological polar surface area (TPSA) is 76.2 Å². The zero-order valence-electron chi connectivity index (χ0n) is 18.6. The van der Waals surface area contributed by atoms with Gasteiger partial charge in [0.15, 0.2) is 5.16 Å². The first-order chi connectivity index (χ1) is 16.2. The van der Waals surface area contributed by atoms with Crippen LogP contribution in [-0.2, 0) is 11.3 Å². The van der Waals surface area contributed by atoms with Crippen LogP contribution in [0.25, 0.3) is 10.8 Å². The van der Waals surface area contributed by atoms with Crippen molar-refractivity contribution in [1.29, 1.82) is 0 Å². The molecule has 0 spiro atoms. The number of carbonyl (C=O) groups is 1. The number of hydrogen-bond donors (Lipinski definition) is 1. The number of thioether (sulfide) groups is 1. The van der Waals surface area contributed by atoms with E-state index < -0.39 is 0 Å². The molecule has 1 aliphatic rings. The Kier molecular flexibility index (Phi) is 6.35. The Labute approximate surface area is 197 Å². The number of piperidine rings is 1. The minimum Gasteiger partial charge on any atom is -0.467 e. The highest BCUT2D eigenvalue weighted by atomic mass is 32.2. The van der Waals surface area contributed by atoms with Gasteiger partial charge in [-0.3, -0.25) is 9.36 Å². The maximum Gasteiger partial charge on any atom is 0.237 e. The summed E-state index contributed by atoms with van der Waals surface area (Å²) in [5, 5.41) is 14.6. The van der Waals surface area contributed by atoms with Crippen molar-refractivity contribution in [2.75, 3.05) is 23.3 Å². The maximum atomic E-state index is 13.0. The molecule has 1 aliphatic heterocycles. The van der Waals surface area contributed by atoms with Gasteiger partial charge in [0, 0.05) is 18.8 Å². The summed E-state index contributed by atoms with van der Waals surface area (Å²) in [5.41, 5.74) is 0.789. The molecule has 1 N–H and O–H groups in total. The molecule has 5 rings (SSSR count). The van der Waals surface area contributed by atoms with Crippen LogP contribution in [0.3, 0.4) is 0 Å². The highest BCUT2D eigenvalue weighted by molar-refractivity contribution is 8.00. The van der Waals surface area contributed by atoms with Crippen molar-refractivity contribution in [3.63, 3.8) is 0 Å². The Morgan fingerprint density at radius 2 is 1.88 bits per heavy atom. The molecular weight excluding hydrogens is 434 g/mol. The quantitative estimate of drug-likeness (QED) is 0.382. The lowest BCUT2D eigenvalue weighted by Crippen LogP contribution is -2.32. The number of fused-ring (bicyclic) bond motifs is 1. The van der Waals surface area contributed by atoms with E-state index in [1.165, 1.54) is 18.2 Å². The number of furan rings is 1. The van der Waals surface area contributed by atoms with E-state index in [9.17, 15) is 4.79 Å². The van der Waals surface area contributed by atoms with Gasteiger partial charge >= 0.3 is 0 Å². The standard InChI is InChI=1S/C25H27N5O2S/c1-18(23(31)26-21-12-11-19-8-3-4-9-20(19)16-21)33-25-28-27-24(29-13-5-2-6-14-29)30(25)17-22-10-7-15-32-22/h3-4,7-12,15-16,18H,2,5-6,13-14,17H2,1H3,(H,26,31). The third-order valence-electron chi connectivity index (χ3n) is 5.90. The molecule has 1 atom stereocenters. The molecule has 33 heavy (non-hydrogen) atoms. The fourth-order valence-corrected chi connectivity index (χ4v) is 4.96. The zero-order chi connectivity index (χ0) is 22.6. The number of aromatic nitrogens is 3. The summed E-state index contributed by atoms with van der Waals surface area (Å²) in [5.74, 6) is 1.61. The van der Waals surface area contributed by atoms with Crippen molar-refractivity contribution in [1.82, 2.24) is 14.8 Å². The first-order valence-corrected chi connectivity index (χ1v) is 12.2. The van der Waals surface area contributed by atoms with Gasteiger partial charge in [-0.25, -0.2) is 0 Å². The van der Waals surface area contributed by atoms with E-state index in [0.29, 0.717) is 11.7 Å². The number of hydrogen-bond acceptors (Lipinski definition) is 6. The van der Waals surface area contributed by atoms with Crippen LogP contribution in [0.5, 0.6) is 0 Å². The zero-order valence-corrected chi connectivity index (χ0v) is 19.4. The highest BCUT2D eigenvalue weighted by Crippen LogP contribution is 2.29. The first kappa shape index (κ1) is 21.6. The lowest BCUT2D eigenvalue weighted by Gasteiger charge is -2.27. The number of amides is 1. The monoisotopic (exact) mass is 461 g/mol. The summed E-state index contributed by atoms with van der Waals surface area (Å²) in [7, 11) is 0. The minimum absolute atomic E-state index is 0.0673. The fraction of sp³-hybridized carbons (Fsp3) is 0.320. The molecule has 4 aromatic rings. The lowest BCUT2D eigenvalue weighted by atomic mass is 10.1. The number of nitrogens with zero attached hydrogens (tertiary/aromatic N) is 4. The predicted octanol–water partition coefficient (Wildman–Crippen LogP) is 5.18. The van der Waals surface area contributed by atoms with Gasteiger partial charge in [-0.1, -0.05) is 42.1 Å². The molecule has 7 nitrogen and oxygen atoms in total. The SMILES string of the molecule is CC(Sc1nnc(N2CCCCC2)n1Cc1ccco1)C(=O)Nc1ccc2ccccc2c1. The molecule has 8 heteroatoms. The van der Waals surface area contributed by atoms with E-state index in [1.807, 2.05) is 55.5 Å². The maximum absolute atomic E-state index is 13.0. The van der Waals surface area contributed by atoms with Gasteiger partial charge in [-0.05, 0) is 61.2 Å². The molecule has 1 fully saturated rings. The summed E-state index contributed by atoms with van der Waals surface area (Å²) < 4.78 is 7.65. The Morgan fingerprint density at radius 1 is 1.06 bits per heavy atom. The Balaban J connectivity index is 1.33. The van der Waals surface area contributed by atoms with Crippen molar-refractivity contribution in [2.24, 2.45) is 0 Å². The molecule has 0 aliphatic carbocycles.